The third kappa shape index (κ3) is 4.15. The first kappa shape index (κ1) is 16.5. The number of rotatable bonds is 5. The minimum Gasteiger partial charge on any atom is -0.496 e. The molecule has 124 valence electrons. The molecule has 0 aliphatic rings. The van der Waals surface area contributed by atoms with E-state index in [4.69, 9.17) is 9.47 Å². The largest absolute Gasteiger partial charge is 0.496 e. The molecule has 25 heavy (non-hydrogen) atoms. The molecular weight excluding hydrogens is 312 g/mol. The highest BCUT2D eigenvalue weighted by Gasteiger charge is 2.08. The van der Waals surface area contributed by atoms with Gasteiger partial charge >= 0.3 is 5.97 Å². The Morgan fingerprint density at radius 1 is 0.800 bits per heavy atom. The van der Waals surface area contributed by atoms with Crippen molar-refractivity contribution in [2.24, 2.45) is 0 Å². The van der Waals surface area contributed by atoms with Crippen molar-refractivity contribution >= 4 is 12.0 Å². The molecule has 0 unspecified atom stereocenters. The Kier molecular flexibility index (Phi) is 5.27. The van der Waals surface area contributed by atoms with E-state index in [1.54, 1.807) is 19.3 Å². The van der Waals surface area contributed by atoms with Crippen LogP contribution in [0.25, 0.3) is 17.2 Å². The van der Waals surface area contributed by atoms with Crippen molar-refractivity contribution in [3.05, 3.63) is 90.5 Å². The lowest BCUT2D eigenvalue weighted by Gasteiger charge is -2.09. The van der Waals surface area contributed by atoms with Gasteiger partial charge in [0.15, 0.2) is 0 Å². The minimum absolute atomic E-state index is 0.436. The van der Waals surface area contributed by atoms with Crippen molar-refractivity contribution in [2.75, 3.05) is 7.11 Å². The number of benzene rings is 3. The van der Waals surface area contributed by atoms with E-state index in [-0.39, 0.29) is 0 Å². The van der Waals surface area contributed by atoms with E-state index in [9.17, 15) is 4.79 Å². The monoisotopic (exact) mass is 330 g/mol. The van der Waals surface area contributed by atoms with Crippen LogP contribution in [0.4, 0.5) is 0 Å². The van der Waals surface area contributed by atoms with Gasteiger partial charge < -0.3 is 9.47 Å². The van der Waals surface area contributed by atoms with E-state index < -0.39 is 5.97 Å². The predicted octanol–water partition coefficient (Wildman–Crippen LogP) is 4.98. The molecule has 0 aliphatic heterocycles. The third-order valence-electron chi connectivity index (χ3n) is 3.72. The lowest BCUT2D eigenvalue weighted by Crippen LogP contribution is -2.04. The van der Waals surface area contributed by atoms with Gasteiger partial charge in [-0.25, -0.2) is 4.79 Å². The van der Waals surface area contributed by atoms with Gasteiger partial charge in [0.05, 0.1) is 7.11 Å². The summed E-state index contributed by atoms with van der Waals surface area (Å²) in [6.45, 7) is 0. The number of ether oxygens (including phenoxy) is 2. The standard InChI is InChI=1S/C22H18O3/c1-24-20-13-7-5-11-18(20)15-16-22(23)25-21-14-8-6-12-19(21)17-9-3-2-4-10-17/h2-16H,1H3/b16-15+. The number of esters is 1. The molecule has 0 N–H and O–H groups in total. The van der Waals surface area contributed by atoms with Gasteiger partial charge in [0.2, 0.25) is 0 Å². The van der Waals surface area contributed by atoms with Crippen molar-refractivity contribution < 1.29 is 14.3 Å². The van der Waals surface area contributed by atoms with Crippen LogP contribution in [0.2, 0.25) is 0 Å². The SMILES string of the molecule is COc1ccccc1/C=C/C(=O)Oc1ccccc1-c1ccccc1. The van der Waals surface area contributed by atoms with Crippen LogP contribution in [-0.4, -0.2) is 13.1 Å². The highest BCUT2D eigenvalue weighted by Crippen LogP contribution is 2.29. The average molecular weight is 330 g/mol. The van der Waals surface area contributed by atoms with E-state index in [0.717, 1.165) is 16.7 Å². The second-order valence-electron chi connectivity index (χ2n) is 5.36. The smallest absolute Gasteiger partial charge is 0.336 e. The fraction of sp³-hybridized carbons (Fsp3) is 0.0455. The van der Waals surface area contributed by atoms with Gasteiger partial charge in [-0.1, -0.05) is 66.7 Å². The summed E-state index contributed by atoms with van der Waals surface area (Å²) in [5.41, 5.74) is 2.69. The van der Waals surface area contributed by atoms with Gasteiger partial charge in [-0.05, 0) is 23.8 Å². The van der Waals surface area contributed by atoms with E-state index >= 15 is 0 Å². The van der Waals surface area contributed by atoms with Gasteiger partial charge in [-0.15, -0.1) is 0 Å². The topological polar surface area (TPSA) is 35.5 Å². The summed E-state index contributed by atoms with van der Waals surface area (Å²) in [7, 11) is 1.60. The van der Waals surface area contributed by atoms with Crippen molar-refractivity contribution in [3.8, 4) is 22.6 Å². The fourth-order valence-electron chi connectivity index (χ4n) is 2.52. The Morgan fingerprint density at radius 2 is 1.44 bits per heavy atom. The summed E-state index contributed by atoms with van der Waals surface area (Å²) in [6.07, 6.45) is 3.09. The average Bonchev–Trinajstić information content (AvgIpc) is 2.67. The normalized spacial score (nSPS) is 10.6. The molecule has 0 amide bonds. The lowest BCUT2D eigenvalue weighted by molar-refractivity contribution is -0.128. The summed E-state index contributed by atoms with van der Waals surface area (Å²) < 4.78 is 10.8. The zero-order valence-corrected chi connectivity index (χ0v) is 13.9. The molecule has 3 aromatic rings. The maximum Gasteiger partial charge on any atom is 0.336 e. The van der Waals surface area contributed by atoms with Crippen LogP contribution in [0.3, 0.4) is 0 Å². The molecule has 0 aromatic heterocycles. The molecule has 0 saturated carbocycles. The number of hydrogen-bond donors (Lipinski definition) is 0. The summed E-state index contributed by atoms with van der Waals surface area (Å²) in [6, 6.07) is 24.8. The maximum atomic E-state index is 12.2. The van der Waals surface area contributed by atoms with E-state index in [0.29, 0.717) is 11.5 Å². The van der Waals surface area contributed by atoms with E-state index in [1.807, 2.05) is 72.8 Å². The predicted molar refractivity (Wildman–Crippen MR) is 99.5 cm³/mol. The van der Waals surface area contributed by atoms with Gasteiger partial charge in [-0.3, -0.25) is 0 Å². The zero-order valence-electron chi connectivity index (χ0n) is 13.9. The molecule has 0 spiro atoms. The zero-order chi connectivity index (χ0) is 17.5. The molecule has 0 aliphatic carbocycles. The molecule has 0 fully saturated rings. The van der Waals surface area contributed by atoms with E-state index in [2.05, 4.69) is 0 Å². The summed E-state index contributed by atoms with van der Waals surface area (Å²) in [5.74, 6) is 0.800. The Labute approximate surface area is 147 Å². The van der Waals surface area contributed by atoms with Gasteiger partial charge in [0.1, 0.15) is 11.5 Å². The Hall–Kier alpha value is -3.33. The number of carbonyl (C=O) groups excluding carboxylic acids is 1. The van der Waals surface area contributed by atoms with Crippen LogP contribution < -0.4 is 9.47 Å². The molecule has 3 heteroatoms. The Balaban J connectivity index is 1.79. The van der Waals surface area contributed by atoms with Gasteiger partial charge in [0, 0.05) is 17.2 Å². The molecule has 0 atom stereocenters. The van der Waals surface area contributed by atoms with Crippen LogP contribution in [0, 0.1) is 0 Å². The quantitative estimate of drug-likeness (QED) is 0.376. The number of methoxy groups -OCH3 is 1. The van der Waals surface area contributed by atoms with Crippen LogP contribution in [0.15, 0.2) is 84.9 Å². The van der Waals surface area contributed by atoms with Crippen LogP contribution >= 0.6 is 0 Å². The number of para-hydroxylation sites is 2. The second-order valence-corrected chi connectivity index (χ2v) is 5.36. The summed E-state index contributed by atoms with van der Waals surface area (Å²) >= 11 is 0. The fourth-order valence-corrected chi connectivity index (χ4v) is 2.52. The Bertz CT molecular complexity index is 883. The number of carbonyl (C=O) groups is 1. The first-order valence-corrected chi connectivity index (χ1v) is 7.95. The molecule has 0 bridgehead atoms. The number of hydrogen-bond acceptors (Lipinski definition) is 3. The van der Waals surface area contributed by atoms with Crippen molar-refractivity contribution in [2.45, 2.75) is 0 Å². The summed E-state index contributed by atoms with van der Waals surface area (Å²) in [4.78, 5) is 12.2. The van der Waals surface area contributed by atoms with E-state index in [1.165, 1.54) is 6.08 Å². The Morgan fingerprint density at radius 3 is 2.20 bits per heavy atom. The highest BCUT2D eigenvalue weighted by atomic mass is 16.5. The van der Waals surface area contributed by atoms with Crippen molar-refractivity contribution in [3.63, 3.8) is 0 Å². The van der Waals surface area contributed by atoms with Crippen LogP contribution in [-0.2, 0) is 4.79 Å². The molecule has 3 aromatic carbocycles. The minimum atomic E-state index is -0.436. The van der Waals surface area contributed by atoms with Gasteiger partial charge in [-0.2, -0.15) is 0 Å². The molecule has 3 rings (SSSR count). The summed E-state index contributed by atoms with van der Waals surface area (Å²) in [5, 5.41) is 0. The van der Waals surface area contributed by atoms with Gasteiger partial charge in [0.25, 0.3) is 0 Å². The molecular formula is C22H18O3. The maximum absolute atomic E-state index is 12.2. The second kappa shape index (κ2) is 7.97. The first-order chi connectivity index (χ1) is 12.3. The third-order valence-corrected chi connectivity index (χ3v) is 3.72. The molecule has 0 saturated heterocycles. The highest BCUT2D eigenvalue weighted by molar-refractivity contribution is 5.90. The lowest BCUT2D eigenvalue weighted by atomic mass is 10.1. The van der Waals surface area contributed by atoms with Crippen LogP contribution in [0.5, 0.6) is 11.5 Å². The van der Waals surface area contributed by atoms with Crippen molar-refractivity contribution in [1.82, 2.24) is 0 Å². The molecule has 0 heterocycles. The molecule has 3 nitrogen and oxygen atoms in total. The van der Waals surface area contributed by atoms with Crippen molar-refractivity contribution in [1.29, 1.82) is 0 Å². The first-order valence-electron chi connectivity index (χ1n) is 7.95. The molecule has 0 radical (unpaired) electrons. The van der Waals surface area contributed by atoms with Crippen LogP contribution in [0.1, 0.15) is 5.56 Å².